The standard InChI is InChI=1S/C22H20N2O3/c1-3-6-15-7-4-8-16-11-21(27-22(15)16)24-17-9-5-10-18(19(12-17)25-2)20-13-23-14-26-20/h3-5,7-9,11-14,24H,1,6,10H2,2H3. The van der Waals surface area contributed by atoms with Crippen LogP contribution in [0.5, 0.6) is 0 Å². The van der Waals surface area contributed by atoms with Gasteiger partial charge >= 0.3 is 0 Å². The molecular formula is C22H20N2O3. The summed E-state index contributed by atoms with van der Waals surface area (Å²) in [6.07, 6.45) is 12.4. The van der Waals surface area contributed by atoms with Crippen LogP contribution in [0.1, 0.15) is 17.7 Å². The number of nitrogens with zero attached hydrogens (tertiary/aromatic N) is 1. The number of hydrogen-bond donors (Lipinski definition) is 1. The largest absolute Gasteiger partial charge is 0.496 e. The number of nitrogens with one attached hydrogen (secondary N) is 1. The lowest BCUT2D eigenvalue weighted by Crippen LogP contribution is -1.97. The first kappa shape index (κ1) is 17.0. The van der Waals surface area contributed by atoms with Gasteiger partial charge in [-0.05, 0) is 24.5 Å². The van der Waals surface area contributed by atoms with Crippen molar-refractivity contribution in [2.45, 2.75) is 12.8 Å². The lowest BCUT2D eigenvalue weighted by molar-refractivity contribution is 0.307. The number of rotatable bonds is 6. The summed E-state index contributed by atoms with van der Waals surface area (Å²) in [4.78, 5) is 3.99. The van der Waals surface area contributed by atoms with Crippen molar-refractivity contribution in [2.75, 3.05) is 12.4 Å². The van der Waals surface area contributed by atoms with E-state index in [1.54, 1.807) is 13.3 Å². The van der Waals surface area contributed by atoms with Gasteiger partial charge in [0.15, 0.2) is 18.0 Å². The monoisotopic (exact) mass is 360 g/mol. The van der Waals surface area contributed by atoms with Crippen LogP contribution in [-0.2, 0) is 11.2 Å². The molecule has 1 aromatic carbocycles. The Balaban J connectivity index is 1.67. The van der Waals surface area contributed by atoms with Crippen LogP contribution in [-0.4, -0.2) is 12.1 Å². The number of methoxy groups -OCH3 is 1. The molecule has 5 nitrogen and oxygen atoms in total. The molecule has 0 amide bonds. The first-order valence-corrected chi connectivity index (χ1v) is 8.72. The van der Waals surface area contributed by atoms with Crippen molar-refractivity contribution < 1.29 is 13.6 Å². The quantitative estimate of drug-likeness (QED) is 0.591. The van der Waals surface area contributed by atoms with Gasteiger partial charge < -0.3 is 18.9 Å². The Hall–Kier alpha value is -3.47. The first-order valence-electron chi connectivity index (χ1n) is 8.72. The number of para-hydroxylation sites is 1. The van der Waals surface area contributed by atoms with Crippen molar-refractivity contribution in [3.8, 4) is 0 Å². The van der Waals surface area contributed by atoms with Crippen molar-refractivity contribution in [1.29, 1.82) is 0 Å². The van der Waals surface area contributed by atoms with Gasteiger partial charge in [0.1, 0.15) is 11.3 Å². The van der Waals surface area contributed by atoms with Crippen LogP contribution in [0, 0.1) is 0 Å². The highest BCUT2D eigenvalue weighted by Gasteiger charge is 2.15. The van der Waals surface area contributed by atoms with Gasteiger partial charge in [-0.25, -0.2) is 4.98 Å². The van der Waals surface area contributed by atoms with E-state index in [2.05, 4.69) is 29.0 Å². The zero-order valence-corrected chi connectivity index (χ0v) is 15.1. The highest BCUT2D eigenvalue weighted by Crippen LogP contribution is 2.30. The Labute approximate surface area is 157 Å². The maximum absolute atomic E-state index is 6.04. The second-order valence-electron chi connectivity index (χ2n) is 6.18. The molecule has 136 valence electrons. The van der Waals surface area contributed by atoms with Gasteiger partial charge in [-0.2, -0.15) is 0 Å². The van der Waals surface area contributed by atoms with E-state index < -0.39 is 0 Å². The summed E-state index contributed by atoms with van der Waals surface area (Å²) in [6, 6.07) is 8.11. The van der Waals surface area contributed by atoms with E-state index in [-0.39, 0.29) is 0 Å². The van der Waals surface area contributed by atoms with E-state index in [9.17, 15) is 0 Å². The molecule has 27 heavy (non-hydrogen) atoms. The fraction of sp³-hybridized carbons (Fsp3) is 0.136. The van der Waals surface area contributed by atoms with E-state index in [0.717, 1.165) is 40.0 Å². The van der Waals surface area contributed by atoms with Crippen LogP contribution in [0.4, 0.5) is 5.88 Å². The van der Waals surface area contributed by atoms with Crippen LogP contribution >= 0.6 is 0 Å². The summed E-state index contributed by atoms with van der Waals surface area (Å²) < 4.78 is 17.1. The molecule has 5 heteroatoms. The zero-order chi connectivity index (χ0) is 18.6. The molecule has 2 heterocycles. The molecule has 4 rings (SSSR count). The number of ether oxygens (including phenoxy) is 1. The van der Waals surface area contributed by atoms with E-state index in [1.807, 2.05) is 36.4 Å². The van der Waals surface area contributed by atoms with Crippen LogP contribution in [0.15, 0.2) is 88.0 Å². The molecular weight excluding hydrogens is 340 g/mol. The second kappa shape index (κ2) is 7.41. The Morgan fingerprint density at radius 3 is 3.07 bits per heavy atom. The minimum atomic E-state index is 0.677. The van der Waals surface area contributed by atoms with Gasteiger partial charge in [-0.3, -0.25) is 0 Å². The Morgan fingerprint density at radius 1 is 1.37 bits per heavy atom. The molecule has 1 N–H and O–H groups in total. The Kier molecular flexibility index (Phi) is 4.66. The molecule has 0 saturated heterocycles. The number of hydrogen-bond acceptors (Lipinski definition) is 5. The molecule has 0 radical (unpaired) electrons. The summed E-state index contributed by atoms with van der Waals surface area (Å²) in [7, 11) is 1.65. The minimum absolute atomic E-state index is 0.677. The molecule has 0 spiro atoms. The Bertz CT molecular complexity index is 1050. The van der Waals surface area contributed by atoms with Crippen molar-refractivity contribution in [3.05, 3.63) is 90.5 Å². The van der Waals surface area contributed by atoms with Crippen LogP contribution in [0.2, 0.25) is 0 Å². The fourth-order valence-corrected chi connectivity index (χ4v) is 3.17. The van der Waals surface area contributed by atoms with Gasteiger partial charge in [-0.1, -0.05) is 30.4 Å². The average Bonchev–Trinajstić information content (AvgIpc) is 3.29. The summed E-state index contributed by atoms with van der Waals surface area (Å²) in [5, 5.41) is 4.39. The summed E-state index contributed by atoms with van der Waals surface area (Å²) in [5.74, 6) is 2.10. The number of furan rings is 1. The fourth-order valence-electron chi connectivity index (χ4n) is 3.17. The highest BCUT2D eigenvalue weighted by atomic mass is 16.5. The van der Waals surface area contributed by atoms with Gasteiger partial charge in [-0.15, -0.1) is 6.58 Å². The molecule has 0 atom stereocenters. The zero-order valence-electron chi connectivity index (χ0n) is 15.1. The molecule has 1 aliphatic rings. The van der Waals surface area contributed by atoms with Crippen molar-refractivity contribution in [3.63, 3.8) is 0 Å². The number of fused-ring (bicyclic) bond motifs is 1. The molecule has 0 aliphatic heterocycles. The van der Waals surface area contributed by atoms with E-state index in [0.29, 0.717) is 18.1 Å². The van der Waals surface area contributed by atoms with E-state index in [1.165, 1.54) is 6.39 Å². The molecule has 1 aliphatic carbocycles. The van der Waals surface area contributed by atoms with Crippen LogP contribution in [0.3, 0.4) is 0 Å². The maximum Gasteiger partial charge on any atom is 0.198 e. The predicted octanol–water partition coefficient (Wildman–Crippen LogP) is 5.46. The van der Waals surface area contributed by atoms with Crippen molar-refractivity contribution in [1.82, 2.24) is 4.98 Å². The topological polar surface area (TPSA) is 60.4 Å². The number of oxazole rings is 1. The molecule has 2 aromatic heterocycles. The summed E-state index contributed by atoms with van der Waals surface area (Å²) in [6.45, 7) is 3.81. The maximum atomic E-state index is 6.04. The lowest BCUT2D eigenvalue weighted by atomic mass is 10.1. The highest BCUT2D eigenvalue weighted by molar-refractivity contribution is 5.84. The van der Waals surface area contributed by atoms with Crippen LogP contribution < -0.4 is 5.32 Å². The van der Waals surface area contributed by atoms with Crippen LogP contribution in [0.25, 0.3) is 16.5 Å². The van der Waals surface area contributed by atoms with Crippen molar-refractivity contribution in [2.24, 2.45) is 0 Å². The lowest BCUT2D eigenvalue weighted by Gasteiger charge is -2.07. The smallest absolute Gasteiger partial charge is 0.198 e. The average molecular weight is 360 g/mol. The van der Waals surface area contributed by atoms with Gasteiger partial charge in [0.2, 0.25) is 0 Å². The SMILES string of the molecule is C=CCc1cccc2cc(NC3=CC(OC)=C(c4cnco4)CC=C3)oc12. The summed E-state index contributed by atoms with van der Waals surface area (Å²) >= 11 is 0. The molecule has 0 bridgehead atoms. The number of benzene rings is 1. The third-order valence-electron chi connectivity index (χ3n) is 4.41. The minimum Gasteiger partial charge on any atom is -0.496 e. The Morgan fingerprint density at radius 2 is 2.30 bits per heavy atom. The number of anilines is 1. The molecule has 0 saturated carbocycles. The van der Waals surface area contributed by atoms with Gasteiger partial charge in [0.05, 0.1) is 13.3 Å². The second-order valence-corrected chi connectivity index (χ2v) is 6.18. The van der Waals surface area contributed by atoms with Gasteiger partial charge in [0.25, 0.3) is 0 Å². The number of aromatic nitrogens is 1. The molecule has 0 fully saturated rings. The summed E-state index contributed by atoms with van der Waals surface area (Å²) in [5.41, 5.74) is 3.81. The normalized spacial score (nSPS) is 14.2. The molecule has 0 unspecified atom stereocenters. The third kappa shape index (κ3) is 3.44. The third-order valence-corrected chi connectivity index (χ3v) is 4.41. The van der Waals surface area contributed by atoms with Crippen molar-refractivity contribution >= 4 is 22.4 Å². The predicted molar refractivity (Wildman–Crippen MR) is 106 cm³/mol. The first-order chi connectivity index (χ1) is 13.3. The van der Waals surface area contributed by atoms with Gasteiger partial charge in [0, 0.05) is 28.8 Å². The van der Waals surface area contributed by atoms with E-state index in [4.69, 9.17) is 13.6 Å². The molecule has 3 aromatic rings. The van der Waals surface area contributed by atoms with E-state index >= 15 is 0 Å². The number of allylic oxidation sites excluding steroid dienone is 5.